The molecule has 1 heterocycles. The summed E-state index contributed by atoms with van der Waals surface area (Å²) in [5.74, 6) is -2.51. The summed E-state index contributed by atoms with van der Waals surface area (Å²) in [6.07, 6.45) is -0.0491. The molecule has 0 aromatic heterocycles. The number of carboxylic acid groups (broad SMARTS) is 2. The van der Waals surface area contributed by atoms with Crippen LogP contribution in [0.2, 0.25) is 0 Å². The number of hydrogen-bond donors (Lipinski definition) is 2. The van der Waals surface area contributed by atoms with Gasteiger partial charge in [-0.1, -0.05) is 12.1 Å². The average Bonchev–Trinajstić information content (AvgIpc) is 2.64. The summed E-state index contributed by atoms with van der Waals surface area (Å²) < 4.78 is 11.1. The van der Waals surface area contributed by atoms with Crippen LogP contribution >= 0.6 is 0 Å². The number of benzene rings is 1. The minimum atomic E-state index is -1.13. The van der Waals surface area contributed by atoms with Gasteiger partial charge in [-0.15, -0.1) is 0 Å². The predicted molar refractivity (Wildman–Crippen MR) is 104 cm³/mol. The minimum Gasteiger partial charge on any atom is -0.491 e. The van der Waals surface area contributed by atoms with Gasteiger partial charge in [-0.3, -0.25) is 0 Å². The highest BCUT2D eigenvalue weighted by atomic mass is 16.5. The molecule has 0 saturated heterocycles. The lowest BCUT2D eigenvalue weighted by Crippen LogP contribution is -2.32. The summed E-state index contributed by atoms with van der Waals surface area (Å²) in [5.41, 5.74) is 1.75. The molecule has 1 aromatic carbocycles. The average molecular weight is 389 g/mol. The molecule has 0 bridgehead atoms. The van der Waals surface area contributed by atoms with Crippen molar-refractivity contribution in [2.24, 2.45) is 0 Å². The zero-order chi connectivity index (χ0) is 21.0. The maximum absolute atomic E-state index is 11.9. The summed E-state index contributed by atoms with van der Waals surface area (Å²) in [5, 5.41) is 19.5. The van der Waals surface area contributed by atoms with Gasteiger partial charge in [0.25, 0.3) is 0 Å². The number of rotatable bonds is 8. The largest absolute Gasteiger partial charge is 0.491 e. The third kappa shape index (κ3) is 4.36. The number of allylic oxidation sites excluding steroid dienone is 2. The molecule has 1 unspecified atom stereocenters. The fourth-order valence-corrected chi connectivity index (χ4v) is 3.37. The van der Waals surface area contributed by atoms with Gasteiger partial charge in [-0.2, -0.15) is 0 Å². The molecule has 1 aliphatic heterocycles. The summed E-state index contributed by atoms with van der Waals surface area (Å²) in [7, 11) is 1.67. The third-order valence-corrected chi connectivity index (χ3v) is 4.97. The van der Waals surface area contributed by atoms with Crippen LogP contribution in [-0.2, 0) is 14.3 Å². The fraction of sp³-hybridized carbons (Fsp3) is 0.429. The van der Waals surface area contributed by atoms with E-state index in [2.05, 4.69) is 0 Å². The fourth-order valence-electron chi connectivity index (χ4n) is 3.37. The Morgan fingerprint density at radius 1 is 1.07 bits per heavy atom. The van der Waals surface area contributed by atoms with Crippen molar-refractivity contribution in [1.29, 1.82) is 0 Å². The molecule has 2 rings (SSSR count). The first-order valence-electron chi connectivity index (χ1n) is 9.15. The van der Waals surface area contributed by atoms with E-state index in [1.165, 1.54) is 0 Å². The van der Waals surface area contributed by atoms with E-state index < -0.39 is 17.9 Å². The van der Waals surface area contributed by atoms with Crippen LogP contribution in [-0.4, -0.2) is 53.4 Å². The Hall–Kier alpha value is -2.80. The number of nitrogens with zero attached hydrogens (tertiary/aromatic N) is 1. The topological polar surface area (TPSA) is 96.3 Å². The lowest BCUT2D eigenvalue weighted by Gasteiger charge is -2.34. The molecular weight excluding hydrogens is 362 g/mol. The number of carboxylic acids is 2. The first-order chi connectivity index (χ1) is 13.2. The Morgan fingerprint density at radius 2 is 1.57 bits per heavy atom. The van der Waals surface area contributed by atoms with Crippen molar-refractivity contribution >= 4 is 11.9 Å². The highest BCUT2D eigenvalue weighted by Gasteiger charge is 2.38. The van der Waals surface area contributed by atoms with E-state index in [0.717, 1.165) is 0 Å². The molecule has 0 saturated carbocycles. The second kappa shape index (κ2) is 8.93. The van der Waals surface area contributed by atoms with Gasteiger partial charge in [0, 0.05) is 25.0 Å². The van der Waals surface area contributed by atoms with Crippen molar-refractivity contribution in [2.75, 3.05) is 20.3 Å². The Morgan fingerprint density at radius 3 is 2.00 bits per heavy atom. The van der Waals surface area contributed by atoms with Gasteiger partial charge in [-0.25, -0.2) is 9.59 Å². The van der Waals surface area contributed by atoms with Gasteiger partial charge in [0.15, 0.2) is 0 Å². The van der Waals surface area contributed by atoms with Gasteiger partial charge in [0.05, 0.1) is 23.2 Å². The van der Waals surface area contributed by atoms with Crippen molar-refractivity contribution in [3.05, 3.63) is 52.4 Å². The minimum absolute atomic E-state index is 0.0491. The van der Waals surface area contributed by atoms with Crippen LogP contribution in [0.1, 0.15) is 39.2 Å². The van der Waals surface area contributed by atoms with Crippen molar-refractivity contribution in [1.82, 2.24) is 4.90 Å². The first kappa shape index (κ1) is 21.5. The summed E-state index contributed by atoms with van der Waals surface area (Å²) in [6.45, 7) is 8.19. The van der Waals surface area contributed by atoms with Crippen LogP contribution in [0, 0.1) is 0 Å². The van der Waals surface area contributed by atoms with Crippen LogP contribution < -0.4 is 4.74 Å². The highest BCUT2D eigenvalue weighted by Crippen LogP contribution is 2.41. The van der Waals surface area contributed by atoms with Gasteiger partial charge >= 0.3 is 11.9 Å². The molecule has 7 heteroatoms. The SMILES string of the molecule is CCOC(C)COc1ccc(C2C(C(=O)O)=C(C)N(C)C(C)=C2C(=O)O)cc1. The predicted octanol–water partition coefficient (Wildman–Crippen LogP) is 3.24. The quantitative estimate of drug-likeness (QED) is 0.704. The number of ether oxygens (including phenoxy) is 2. The van der Waals surface area contributed by atoms with E-state index in [9.17, 15) is 19.8 Å². The summed E-state index contributed by atoms with van der Waals surface area (Å²) in [6, 6.07) is 6.86. The van der Waals surface area contributed by atoms with Crippen LogP contribution in [0.15, 0.2) is 46.8 Å². The van der Waals surface area contributed by atoms with Gasteiger partial charge in [-0.05, 0) is 45.4 Å². The second-order valence-corrected chi connectivity index (χ2v) is 6.75. The lowest BCUT2D eigenvalue weighted by atomic mass is 9.80. The molecule has 0 amide bonds. The van der Waals surface area contributed by atoms with Crippen LogP contribution in [0.3, 0.4) is 0 Å². The van der Waals surface area contributed by atoms with E-state index >= 15 is 0 Å². The summed E-state index contributed by atoms with van der Waals surface area (Å²) in [4.78, 5) is 25.5. The van der Waals surface area contributed by atoms with Gasteiger partial charge in [0.2, 0.25) is 0 Å². The standard InChI is InChI=1S/C21H27NO6/c1-6-27-12(2)11-28-16-9-7-15(8-10-16)19-17(20(23)24)13(3)22(5)14(4)18(19)21(25)26/h7-10,12,19H,6,11H2,1-5H3,(H,23,24)(H,25,26). The molecule has 28 heavy (non-hydrogen) atoms. The van der Waals surface area contributed by atoms with Crippen molar-refractivity contribution in [3.8, 4) is 5.75 Å². The molecule has 2 N–H and O–H groups in total. The molecule has 0 fully saturated rings. The van der Waals surface area contributed by atoms with Crippen LogP contribution in [0.25, 0.3) is 0 Å². The normalized spacial score (nSPS) is 16.4. The Balaban J connectivity index is 2.39. The van der Waals surface area contributed by atoms with Crippen LogP contribution in [0.5, 0.6) is 5.75 Å². The summed E-state index contributed by atoms with van der Waals surface area (Å²) >= 11 is 0. The third-order valence-electron chi connectivity index (χ3n) is 4.97. The molecule has 1 aliphatic rings. The van der Waals surface area contributed by atoms with Gasteiger partial charge in [0.1, 0.15) is 12.4 Å². The Bertz CT molecular complexity index is 771. The Kier molecular flexibility index (Phi) is 6.85. The van der Waals surface area contributed by atoms with E-state index in [1.54, 1.807) is 50.1 Å². The monoisotopic (exact) mass is 389 g/mol. The van der Waals surface area contributed by atoms with Crippen molar-refractivity contribution in [3.63, 3.8) is 0 Å². The van der Waals surface area contributed by atoms with E-state index in [1.807, 2.05) is 13.8 Å². The maximum atomic E-state index is 11.9. The van der Waals surface area contributed by atoms with E-state index in [0.29, 0.717) is 35.9 Å². The second-order valence-electron chi connectivity index (χ2n) is 6.75. The van der Waals surface area contributed by atoms with Crippen LogP contribution in [0.4, 0.5) is 0 Å². The Labute approximate surface area is 164 Å². The smallest absolute Gasteiger partial charge is 0.334 e. The van der Waals surface area contributed by atoms with E-state index in [-0.39, 0.29) is 17.3 Å². The number of carbonyl (C=O) groups is 2. The maximum Gasteiger partial charge on any atom is 0.334 e. The molecule has 152 valence electrons. The van der Waals surface area contributed by atoms with Gasteiger partial charge < -0.3 is 24.6 Å². The zero-order valence-electron chi connectivity index (χ0n) is 16.9. The van der Waals surface area contributed by atoms with Crippen molar-refractivity contribution < 1.29 is 29.3 Å². The number of hydrogen-bond acceptors (Lipinski definition) is 5. The van der Waals surface area contributed by atoms with E-state index in [4.69, 9.17) is 9.47 Å². The molecule has 0 aliphatic carbocycles. The lowest BCUT2D eigenvalue weighted by molar-refractivity contribution is -0.133. The molecular formula is C21H27NO6. The number of aliphatic carboxylic acids is 2. The molecule has 7 nitrogen and oxygen atoms in total. The zero-order valence-corrected chi connectivity index (χ0v) is 16.9. The molecule has 1 atom stereocenters. The van der Waals surface area contributed by atoms with Crippen molar-refractivity contribution in [2.45, 2.75) is 39.7 Å². The first-order valence-corrected chi connectivity index (χ1v) is 9.15. The molecule has 0 spiro atoms. The molecule has 0 radical (unpaired) electrons. The molecule has 1 aromatic rings. The highest BCUT2D eigenvalue weighted by molar-refractivity contribution is 5.98.